The molecule has 13 nitrogen and oxygen atoms in total. The van der Waals surface area contributed by atoms with Crippen molar-refractivity contribution in [3.05, 3.63) is 48.7 Å². The number of anilines is 2. The maximum absolute atomic E-state index is 6.05. The van der Waals surface area contributed by atoms with Gasteiger partial charge in [0.2, 0.25) is 0 Å². The van der Waals surface area contributed by atoms with Gasteiger partial charge in [0.1, 0.15) is 34.6 Å². The molecular formula is C21H23N13. The van der Waals surface area contributed by atoms with E-state index < -0.39 is 0 Å². The lowest BCUT2D eigenvalue weighted by Crippen LogP contribution is -2.29. The normalized spacial score (nSPS) is 16.4. The summed E-state index contributed by atoms with van der Waals surface area (Å²) in [5, 5.41) is 8.86. The second-order valence-corrected chi connectivity index (χ2v) is 7.95. The third-order valence-electron chi connectivity index (χ3n) is 5.15. The Labute approximate surface area is 194 Å². The molecule has 1 aliphatic heterocycles. The number of amidine groups is 2. The Balaban J connectivity index is 1.65. The fraction of sp³-hybridized carbons (Fsp3) is 0.190. The van der Waals surface area contributed by atoms with Gasteiger partial charge in [-0.2, -0.15) is 19.2 Å². The summed E-state index contributed by atoms with van der Waals surface area (Å²) in [7, 11) is 7.72. The molecule has 4 aromatic heterocycles. The number of nitrogens with zero attached hydrogens (tertiary/aromatic N) is 11. The summed E-state index contributed by atoms with van der Waals surface area (Å²) in [6, 6.07) is 3.73. The number of dihydropyridines is 1. The first-order valence-electron chi connectivity index (χ1n) is 10.3. The molecule has 0 amide bonds. The van der Waals surface area contributed by atoms with Gasteiger partial charge in [-0.3, -0.25) is 0 Å². The molecular weight excluding hydrogens is 434 g/mol. The van der Waals surface area contributed by atoms with Crippen LogP contribution in [-0.4, -0.2) is 74.8 Å². The van der Waals surface area contributed by atoms with E-state index in [9.17, 15) is 0 Å². The van der Waals surface area contributed by atoms with E-state index in [1.807, 2.05) is 50.1 Å². The smallest absolute Gasteiger partial charge is 0.183 e. The first kappa shape index (κ1) is 21.1. The Kier molecular flexibility index (Phi) is 4.93. The summed E-state index contributed by atoms with van der Waals surface area (Å²) in [5.74, 6) is 2.15. The van der Waals surface area contributed by atoms with E-state index in [0.29, 0.717) is 34.1 Å². The Morgan fingerprint density at radius 3 is 1.85 bits per heavy atom. The van der Waals surface area contributed by atoms with Crippen LogP contribution >= 0.6 is 0 Å². The molecule has 4 N–H and O–H groups in total. The molecule has 5 rings (SSSR count). The molecule has 5 heterocycles. The van der Waals surface area contributed by atoms with Crippen molar-refractivity contribution in [2.45, 2.75) is 0 Å². The molecule has 0 spiro atoms. The molecule has 0 radical (unpaired) electrons. The van der Waals surface area contributed by atoms with Crippen LogP contribution in [0.5, 0.6) is 0 Å². The number of hydrogen-bond acceptors (Lipinski definition) is 10. The van der Waals surface area contributed by atoms with Crippen LogP contribution in [-0.2, 0) is 0 Å². The molecule has 1 aliphatic rings. The van der Waals surface area contributed by atoms with Gasteiger partial charge in [0.25, 0.3) is 0 Å². The second-order valence-electron chi connectivity index (χ2n) is 7.95. The van der Waals surface area contributed by atoms with Crippen LogP contribution in [0.4, 0.5) is 23.0 Å². The van der Waals surface area contributed by atoms with Crippen molar-refractivity contribution in [1.82, 2.24) is 29.2 Å². The van der Waals surface area contributed by atoms with Gasteiger partial charge in [0, 0.05) is 40.6 Å². The molecule has 0 saturated heterocycles. The summed E-state index contributed by atoms with van der Waals surface area (Å²) < 4.78 is 3.41. The molecule has 172 valence electrons. The van der Waals surface area contributed by atoms with Gasteiger partial charge in [-0.05, 0) is 18.2 Å². The van der Waals surface area contributed by atoms with Crippen molar-refractivity contribution in [3.63, 3.8) is 0 Å². The SMILES string of the molecule is CN(C)c1ccnc2c(N=C3C=C(N)C(N)=NC3=Nc3cnn4c(N(C)C)ccnc34)cnn12. The van der Waals surface area contributed by atoms with Crippen LogP contribution in [0.3, 0.4) is 0 Å². The Morgan fingerprint density at radius 2 is 1.32 bits per heavy atom. The van der Waals surface area contributed by atoms with Crippen LogP contribution in [0.25, 0.3) is 11.3 Å². The van der Waals surface area contributed by atoms with Crippen molar-refractivity contribution in [2.24, 2.45) is 26.4 Å². The van der Waals surface area contributed by atoms with E-state index in [1.165, 1.54) is 0 Å². The summed E-state index contributed by atoms with van der Waals surface area (Å²) in [5.41, 5.74) is 15.0. The molecule has 0 aromatic carbocycles. The highest BCUT2D eigenvalue weighted by molar-refractivity contribution is 6.50. The van der Waals surface area contributed by atoms with Crippen LogP contribution < -0.4 is 21.3 Å². The Morgan fingerprint density at radius 1 is 0.794 bits per heavy atom. The van der Waals surface area contributed by atoms with Crippen molar-refractivity contribution in [1.29, 1.82) is 0 Å². The van der Waals surface area contributed by atoms with Gasteiger partial charge in [0.15, 0.2) is 17.1 Å². The quantitative estimate of drug-likeness (QED) is 0.458. The topological polar surface area (TPSA) is 156 Å². The van der Waals surface area contributed by atoms with E-state index in [1.54, 1.807) is 39.9 Å². The number of nitrogens with two attached hydrogens (primary N) is 2. The molecule has 0 bridgehead atoms. The molecule has 4 aromatic rings. The summed E-state index contributed by atoms with van der Waals surface area (Å²) in [6.45, 7) is 0. The minimum atomic E-state index is 0.156. The second kappa shape index (κ2) is 7.95. The minimum absolute atomic E-state index is 0.156. The predicted molar refractivity (Wildman–Crippen MR) is 133 cm³/mol. The number of aromatic nitrogens is 6. The Hall–Kier alpha value is -4.81. The zero-order valence-corrected chi connectivity index (χ0v) is 19.1. The number of aliphatic imine (C=N–C) groups is 3. The van der Waals surface area contributed by atoms with Crippen molar-refractivity contribution in [3.8, 4) is 0 Å². The van der Waals surface area contributed by atoms with Crippen LogP contribution in [0.1, 0.15) is 0 Å². The monoisotopic (exact) mass is 457 g/mol. The van der Waals surface area contributed by atoms with Crippen molar-refractivity contribution in [2.75, 3.05) is 38.0 Å². The van der Waals surface area contributed by atoms with Gasteiger partial charge in [-0.25, -0.2) is 24.9 Å². The number of hydrogen-bond donors (Lipinski definition) is 2. The lowest BCUT2D eigenvalue weighted by Gasteiger charge is -2.13. The van der Waals surface area contributed by atoms with Gasteiger partial charge < -0.3 is 21.3 Å². The summed E-state index contributed by atoms with van der Waals surface area (Å²) in [6.07, 6.45) is 8.29. The Bertz CT molecular complexity index is 1410. The van der Waals surface area contributed by atoms with E-state index in [-0.39, 0.29) is 11.7 Å². The highest BCUT2D eigenvalue weighted by Crippen LogP contribution is 2.25. The molecule has 34 heavy (non-hydrogen) atoms. The average molecular weight is 458 g/mol. The lowest BCUT2D eigenvalue weighted by atomic mass is 10.2. The minimum Gasteiger partial charge on any atom is -0.396 e. The van der Waals surface area contributed by atoms with Gasteiger partial charge in [0.05, 0.1) is 18.1 Å². The molecule has 0 aliphatic carbocycles. The summed E-state index contributed by atoms with van der Waals surface area (Å²) in [4.78, 5) is 26.5. The van der Waals surface area contributed by atoms with Gasteiger partial charge in [-0.15, -0.1) is 0 Å². The molecule has 0 fully saturated rings. The zero-order valence-electron chi connectivity index (χ0n) is 19.1. The summed E-state index contributed by atoms with van der Waals surface area (Å²) >= 11 is 0. The molecule has 0 unspecified atom stereocenters. The third kappa shape index (κ3) is 3.48. The zero-order chi connectivity index (χ0) is 24.0. The fourth-order valence-corrected chi connectivity index (χ4v) is 3.50. The first-order valence-corrected chi connectivity index (χ1v) is 10.3. The lowest BCUT2D eigenvalue weighted by molar-refractivity contribution is 0.896. The van der Waals surface area contributed by atoms with Crippen molar-refractivity contribution >= 4 is 51.7 Å². The van der Waals surface area contributed by atoms with E-state index in [2.05, 4.69) is 30.2 Å². The van der Waals surface area contributed by atoms with Crippen LogP contribution in [0.2, 0.25) is 0 Å². The third-order valence-corrected chi connectivity index (χ3v) is 5.15. The standard InChI is InChI=1S/C21H23N13/c1-31(2)16-5-7-24-20-14(10-26-33(16)20)28-13-9-12(22)18(23)30-19(13)29-15-11-27-34-17(32(3)4)6-8-25-21(15)34/h5-11H,22H2,1-4H3,(H2,23,29,30). The molecule has 13 heteroatoms. The van der Waals surface area contributed by atoms with E-state index in [0.717, 1.165) is 11.6 Å². The molecule has 0 saturated carbocycles. The van der Waals surface area contributed by atoms with Crippen molar-refractivity contribution < 1.29 is 0 Å². The first-order chi connectivity index (χ1) is 16.3. The highest BCUT2D eigenvalue weighted by Gasteiger charge is 2.19. The van der Waals surface area contributed by atoms with E-state index in [4.69, 9.17) is 16.5 Å². The highest BCUT2D eigenvalue weighted by atomic mass is 15.3. The van der Waals surface area contributed by atoms with E-state index >= 15 is 0 Å². The van der Waals surface area contributed by atoms with Gasteiger partial charge >= 0.3 is 0 Å². The maximum atomic E-state index is 6.05. The van der Waals surface area contributed by atoms with Crippen LogP contribution in [0, 0.1) is 0 Å². The largest absolute Gasteiger partial charge is 0.396 e. The van der Waals surface area contributed by atoms with Gasteiger partial charge in [-0.1, -0.05) is 0 Å². The number of fused-ring (bicyclic) bond motifs is 2. The fourth-order valence-electron chi connectivity index (χ4n) is 3.50. The van der Waals surface area contributed by atoms with Crippen LogP contribution in [0.15, 0.2) is 63.7 Å². The number of rotatable bonds is 4. The predicted octanol–water partition coefficient (Wildman–Crippen LogP) is 0.920. The maximum Gasteiger partial charge on any atom is 0.183 e. The molecule has 0 atom stereocenters. The average Bonchev–Trinajstić information content (AvgIpc) is 3.41.